The van der Waals surface area contributed by atoms with Crippen LogP contribution in [-0.2, 0) is 0 Å². The van der Waals surface area contributed by atoms with Gasteiger partial charge in [-0.1, -0.05) is 0 Å². The highest BCUT2D eigenvalue weighted by molar-refractivity contribution is 5.72. The Kier molecular flexibility index (Phi) is 1.97. The van der Waals surface area contributed by atoms with Gasteiger partial charge < -0.3 is 4.90 Å². The van der Waals surface area contributed by atoms with Crippen LogP contribution in [0.4, 0.5) is 5.69 Å². The summed E-state index contributed by atoms with van der Waals surface area (Å²) in [6.07, 6.45) is 5.33. The van der Waals surface area contributed by atoms with Crippen molar-refractivity contribution >= 4 is 12.0 Å². The minimum Gasteiger partial charge on any atom is -0.370 e. The highest BCUT2D eigenvalue weighted by atomic mass is 16.1. The molecule has 78 valence electrons. The average molecular weight is 202 g/mol. The second-order valence-electron chi connectivity index (χ2n) is 4.55. The average Bonchev–Trinajstić information content (AvgIpc) is 3.07. The van der Waals surface area contributed by atoms with Gasteiger partial charge in [-0.05, 0) is 36.8 Å². The van der Waals surface area contributed by atoms with E-state index < -0.39 is 0 Å². The number of carbonyl (C=O) groups excluding carboxylic acids is 1. The molecule has 2 aliphatic rings. The van der Waals surface area contributed by atoms with Crippen LogP contribution in [0.25, 0.3) is 0 Å². The van der Waals surface area contributed by atoms with Gasteiger partial charge in [-0.15, -0.1) is 0 Å². The maximum Gasteiger partial charge on any atom is 0.168 e. The van der Waals surface area contributed by atoms with Crippen LogP contribution in [0, 0.1) is 11.8 Å². The second kappa shape index (κ2) is 3.33. The molecule has 1 aliphatic carbocycles. The van der Waals surface area contributed by atoms with Gasteiger partial charge >= 0.3 is 0 Å². The topological polar surface area (TPSA) is 33.2 Å². The number of aromatic nitrogens is 1. The van der Waals surface area contributed by atoms with Crippen molar-refractivity contribution in [2.75, 3.05) is 18.0 Å². The summed E-state index contributed by atoms with van der Waals surface area (Å²) >= 11 is 0. The van der Waals surface area contributed by atoms with Gasteiger partial charge in [0.05, 0.1) is 11.9 Å². The molecular formula is C12H14N2O. The molecule has 3 heteroatoms. The van der Waals surface area contributed by atoms with Crippen molar-refractivity contribution in [3.8, 4) is 0 Å². The molecule has 0 spiro atoms. The van der Waals surface area contributed by atoms with E-state index in [0.29, 0.717) is 5.69 Å². The lowest BCUT2D eigenvalue weighted by molar-refractivity contribution is 0.111. The maximum absolute atomic E-state index is 10.5. The maximum atomic E-state index is 10.5. The number of hydrogen-bond acceptors (Lipinski definition) is 3. The minimum atomic E-state index is 0.514. The number of carbonyl (C=O) groups is 1. The Labute approximate surface area is 89.1 Å². The van der Waals surface area contributed by atoms with Crippen LogP contribution in [-0.4, -0.2) is 24.4 Å². The molecule has 0 aromatic carbocycles. The highest BCUT2D eigenvalue weighted by Crippen LogP contribution is 2.45. The first-order valence-corrected chi connectivity index (χ1v) is 5.53. The quantitative estimate of drug-likeness (QED) is 0.685. The number of piperidine rings is 1. The monoisotopic (exact) mass is 202 g/mol. The Balaban J connectivity index is 1.76. The Morgan fingerprint density at radius 1 is 1.40 bits per heavy atom. The van der Waals surface area contributed by atoms with Crippen molar-refractivity contribution in [2.24, 2.45) is 11.8 Å². The first-order valence-electron chi connectivity index (χ1n) is 5.53. The van der Waals surface area contributed by atoms with Gasteiger partial charge in [-0.25, -0.2) is 0 Å². The van der Waals surface area contributed by atoms with E-state index >= 15 is 0 Å². The van der Waals surface area contributed by atoms with Gasteiger partial charge in [0.25, 0.3) is 0 Å². The van der Waals surface area contributed by atoms with Gasteiger partial charge in [0.2, 0.25) is 0 Å². The fourth-order valence-electron chi connectivity index (χ4n) is 2.47. The van der Waals surface area contributed by atoms with E-state index in [1.165, 1.54) is 19.4 Å². The largest absolute Gasteiger partial charge is 0.370 e. The Bertz CT molecular complexity index is 374. The molecular weight excluding hydrogens is 188 g/mol. The molecule has 0 bridgehead atoms. The van der Waals surface area contributed by atoms with Crippen molar-refractivity contribution < 1.29 is 4.79 Å². The fourth-order valence-corrected chi connectivity index (χ4v) is 2.47. The summed E-state index contributed by atoms with van der Waals surface area (Å²) in [6, 6.07) is 3.79. The number of hydrogen-bond donors (Lipinski definition) is 0. The molecule has 0 amide bonds. The number of rotatable bonds is 2. The van der Waals surface area contributed by atoms with Crippen LogP contribution in [0.3, 0.4) is 0 Å². The van der Waals surface area contributed by atoms with Gasteiger partial charge in [0.15, 0.2) is 6.29 Å². The van der Waals surface area contributed by atoms with Crippen LogP contribution < -0.4 is 4.90 Å². The van der Waals surface area contributed by atoms with E-state index in [0.717, 1.165) is 30.4 Å². The predicted molar refractivity (Wildman–Crippen MR) is 58.1 cm³/mol. The third-order valence-corrected chi connectivity index (χ3v) is 3.55. The van der Waals surface area contributed by atoms with Crippen LogP contribution >= 0.6 is 0 Å². The molecule has 2 heterocycles. The van der Waals surface area contributed by atoms with E-state index in [-0.39, 0.29) is 0 Å². The molecule has 2 atom stereocenters. The zero-order valence-electron chi connectivity index (χ0n) is 8.60. The van der Waals surface area contributed by atoms with Crippen molar-refractivity contribution in [3.05, 3.63) is 24.0 Å². The van der Waals surface area contributed by atoms with E-state index in [9.17, 15) is 4.79 Å². The third-order valence-electron chi connectivity index (χ3n) is 3.55. The minimum absolute atomic E-state index is 0.514. The van der Waals surface area contributed by atoms with Gasteiger partial charge in [-0.3, -0.25) is 9.78 Å². The molecule has 15 heavy (non-hydrogen) atoms. The molecule has 2 fully saturated rings. The van der Waals surface area contributed by atoms with Crippen molar-refractivity contribution in [1.82, 2.24) is 4.98 Å². The zero-order valence-corrected chi connectivity index (χ0v) is 8.60. The number of anilines is 1. The molecule has 0 N–H and O–H groups in total. The Morgan fingerprint density at radius 2 is 2.33 bits per heavy atom. The lowest BCUT2D eigenvalue weighted by Gasteiger charge is -2.28. The number of fused-ring (bicyclic) bond motifs is 1. The van der Waals surface area contributed by atoms with Crippen molar-refractivity contribution in [3.63, 3.8) is 0 Å². The number of aldehydes is 1. The summed E-state index contributed by atoms with van der Waals surface area (Å²) in [5, 5.41) is 0. The van der Waals surface area contributed by atoms with Gasteiger partial charge in [-0.2, -0.15) is 0 Å². The normalized spacial score (nSPS) is 28.4. The highest BCUT2D eigenvalue weighted by Gasteiger charge is 2.41. The van der Waals surface area contributed by atoms with E-state index in [1.807, 2.05) is 12.3 Å². The molecule has 1 aromatic heterocycles. The Hall–Kier alpha value is -1.38. The summed E-state index contributed by atoms with van der Waals surface area (Å²) in [6.45, 7) is 2.32. The summed E-state index contributed by atoms with van der Waals surface area (Å²) in [5.41, 5.74) is 1.67. The summed E-state index contributed by atoms with van der Waals surface area (Å²) in [4.78, 5) is 17.0. The molecule has 1 saturated carbocycles. The molecule has 3 rings (SSSR count). The third kappa shape index (κ3) is 1.62. The second-order valence-corrected chi connectivity index (χ2v) is 4.55. The number of nitrogens with zero attached hydrogens (tertiary/aromatic N) is 2. The molecule has 0 radical (unpaired) electrons. The SMILES string of the molecule is O=Cc1ccc(N2CCC3CC3C2)cn1. The summed E-state index contributed by atoms with van der Waals surface area (Å²) in [5.74, 6) is 1.92. The van der Waals surface area contributed by atoms with E-state index in [4.69, 9.17) is 0 Å². The standard InChI is InChI=1S/C12H14N2O/c15-8-11-1-2-12(6-13-11)14-4-3-9-5-10(9)7-14/h1-2,6,8-10H,3-5,7H2. The van der Waals surface area contributed by atoms with E-state index in [2.05, 4.69) is 9.88 Å². The van der Waals surface area contributed by atoms with Crippen molar-refractivity contribution in [2.45, 2.75) is 12.8 Å². The predicted octanol–water partition coefficient (Wildman–Crippen LogP) is 1.74. The lowest BCUT2D eigenvalue weighted by atomic mass is 10.1. The Morgan fingerprint density at radius 3 is 3.00 bits per heavy atom. The van der Waals surface area contributed by atoms with Crippen LogP contribution in [0.15, 0.2) is 18.3 Å². The zero-order chi connectivity index (χ0) is 10.3. The lowest BCUT2D eigenvalue weighted by Crippen LogP contribution is -2.31. The molecule has 1 aliphatic heterocycles. The number of pyridine rings is 1. The molecule has 3 nitrogen and oxygen atoms in total. The summed E-state index contributed by atoms with van der Waals surface area (Å²) in [7, 11) is 0. The van der Waals surface area contributed by atoms with Gasteiger partial charge in [0.1, 0.15) is 5.69 Å². The van der Waals surface area contributed by atoms with Crippen molar-refractivity contribution in [1.29, 1.82) is 0 Å². The molecule has 1 saturated heterocycles. The molecule has 2 unspecified atom stereocenters. The van der Waals surface area contributed by atoms with E-state index in [1.54, 1.807) is 6.07 Å². The smallest absolute Gasteiger partial charge is 0.168 e. The fraction of sp³-hybridized carbons (Fsp3) is 0.500. The van der Waals surface area contributed by atoms with Crippen LogP contribution in [0.1, 0.15) is 23.3 Å². The first-order chi connectivity index (χ1) is 7.36. The summed E-state index contributed by atoms with van der Waals surface area (Å²) < 4.78 is 0. The molecule has 1 aromatic rings. The van der Waals surface area contributed by atoms with Crippen LogP contribution in [0.5, 0.6) is 0 Å². The van der Waals surface area contributed by atoms with Gasteiger partial charge in [0, 0.05) is 13.1 Å². The van der Waals surface area contributed by atoms with Crippen LogP contribution in [0.2, 0.25) is 0 Å². The first kappa shape index (κ1) is 8.89.